The first-order chi connectivity index (χ1) is 14.0. The Morgan fingerprint density at radius 1 is 1.17 bits per heavy atom. The summed E-state index contributed by atoms with van der Waals surface area (Å²) in [7, 11) is 0. The van der Waals surface area contributed by atoms with E-state index in [1.54, 1.807) is 11.8 Å². The van der Waals surface area contributed by atoms with Gasteiger partial charge in [0.15, 0.2) is 5.16 Å². The highest BCUT2D eigenvalue weighted by Crippen LogP contribution is 2.32. The first kappa shape index (κ1) is 19.5. The average molecular weight is 406 g/mol. The number of fused-ring (bicyclic) bond motifs is 1. The fraction of sp³-hybridized carbons (Fsp3) is 0.261. The van der Waals surface area contributed by atoms with Crippen LogP contribution in [0.5, 0.6) is 0 Å². The van der Waals surface area contributed by atoms with Crippen LogP contribution in [-0.4, -0.2) is 22.4 Å². The number of aryl methyl sites for hydroxylation is 1. The Labute approximate surface area is 174 Å². The molecule has 0 saturated heterocycles. The Balaban J connectivity index is 1.51. The SMILES string of the molecule is Cc1nc(SC(C)c2ccccc2)[nH]c(=O)c1CC(=O)N1CCc2ccccc21. The van der Waals surface area contributed by atoms with Crippen molar-refractivity contribution in [3.8, 4) is 0 Å². The van der Waals surface area contributed by atoms with E-state index in [0.29, 0.717) is 23.0 Å². The quantitative estimate of drug-likeness (QED) is 0.513. The van der Waals surface area contributed by atoms with Crippen LogP contribution >= 0.6 is 11.8 Å². The van der Waals surface area contributed by atoms with E-state index >= 15 is 0 Å². The van der Waals surface area contributed by atoms with Gasteiger partial charge in [-0.25, -0.2) is 4.98 Å². The third-order valence-corrected chi connectivity index (χ3v) is 6.32. The largest absolute Gasteiger partial charge is 0.312 e. The summed E-state index contributed by atoms with van der Waals surface area (Å²) in [5, 5.41) is 0.735. The molecule has 148 valence electrons. The lowest BCUT2D eigenvalue weighted by Crippen LogP contribution is -2.33. The van der Waals surface area contributed by atoms with Gasteiger partial charge in [0.1, 0.15) is 0 Å². The van der Waals surface area contributed by atoms with Crippen LogP contribution < -0.4 is 10.5 Å². The van der Waals surface area contributed by atoms with Crippen molar-refractivity contribution in [3.05, 3.63) is 87.3 Å². The highest BCUT2D eigenvalue weighted by Gasteiger charge is 2.25. The second-order valence-electron chi connectivity index (χ2n) is 7.21. The molecule has 4 rings (SSSR count). The highest BCUT2D eigenvalue weighted by molar-refractivity contribution is 7.99. The molecule has 0 saturated carbocycles. The summed E-state index contributed by atoms with van der Waals surface area (Å²) in [6.45, 7) is 4.54. The second-order valence-corrected chi connectivity index (χ2v) is 8.54. The summed E-state index contributed by atoms with van der Waals surface area (Å²) in [6, 6.07) is 18.0. The summed E-state index contributed by atoms with van der Waals surface area (Å²) in [5.41, 5.74) is 4.11. The van der Waals surface area contributed by atoms with Gasteiger partial charge in [-0.1, -0.05) is 60.3 Å². The fourth-order valence-electron chi connectivity index (χ4n) is 3.65. The van der Waals surface area contributed by atoms with Crippen molar-refractivity contribution in [1.82, 2.24) is 9.97 Å². The van der Waals surface area contributed by atoms with Crippen LogP contribution in [0.25, 0.3) is 0 Å². The summed E-state index contributed by atoms with van der Waals surface area (Å²) in [5.74, 6) is -0.0663. The number of hydrogen-bond donors (Lipinski definition) is 1. The van der Waals surface area contributed by atoms with Gasteiger partial charge in [-0.3, -0.25) is 9.59 Å². The molecule has 0 aliphatic carbocycles. The van der Waals surface area contributed by atoms with E-state index in [1.807, 2.05) is 42.5 Å². The first-order valence-electron chi connectivity index (χ1n) is 9.72. The number of nitrogens with zero attached hydrogens (tertiary/aromatic N) is 2. The number of aromatic nitrogens is 2. The Kier molecular flexibility index (Phi) is 5.53. The van der Waals surface area contributed by atoms with Crippen LogP contribution in [0.1, 0.15) is 34.6 Å². The number of para-hydroxylation sites is 1. The monoisotopic (exact) mass is 405 g/mol. The molecule has 1 amide bonds. The second kappa shape index (κ2) is 8.25. The van der Waals surface area contributed by atoms with E-state index in [4.69, 9.17) is 0 Å². The molecule has 6 heteroatoms. The van der Waals surface area contributed by atoms with Crippen LogP contribution in [0.2, 0.25) is 0 Å². The smallest absolute Gasteiger partial charge is 0.255 e. The van der Waals surface area contributed by atoms with Gasteiger partial charge in [-0.05, 0) is 37.5 Å². The number of nitrogens with one attached hydrogen (secondary N) is 1. The van der Waals surface area contributed by atoms with Gasteiger partial charge in [-0.2, -0.15) is 0 Å². The molecule has 0 fully saturated rings. The molecular formula is C23H23N3O2S. The Morgan fingerprint density at radius 3 is 2.66 bits per heavy atom. The van der Waals surface area contributed by atoms with Crippen molar-refractivity contribution in [3.63, 3.8) is 0 Å². The maximum Gasteiger partial charge on any atom is 0.255 e. The van der Waals surface area contributed by atoms with Gasteiger partial charge in [0, 0.05) is 28.7 Å². The zero-order valence-corrected chi connectivity index (χ0v) is 17.3. The summed E-state index contributed by atoms with van der Waals surface area (Å²) < 4.78 is 0. The lowest BCUT2D eigenvalue weighted by Gasteiger charge is -2.18. The van der Waals surface area contributed by atoms with Crippen molar-refractivity contribution in [1.29, 1.82) is 0 Å². The molecule has 1 unspecified atom stereocenters. The van der Waals surface area contributed by atoms with Gasteiger partial charge in [0.2, 0.25) is 5.91 Å². The Hall–Kier alpha value is -2.86. The summed E-state index contributed by atoms with van der Waals surface area (Å²) >= 11 is 1.51. The fourth-order valence-corrected chi connectivity index (χ4v) is 4.62. The number of hydrogen-bond acceptors (Lipinski definition) is 4. The maximum atomic E-state index is 12.9. The third-order valence-electron chi connectivity index (χ3n) is 5.27. The molecule has 1 aromatic heterocycles. The molecule has 1 aliphatic rings. The van der Waals surface area contributed by atoms with Crippen LogP contribution in [-0.2, 0) is 17.6 Å². The number of anilines is 1. The molecule has 2 heterocycles. The minimum absolute atomic E-state index is 0.0572. The zero-order valence-electron chi connectivity index (χ0n) is 16.5. The number of amides is 1. The molecule has 2 aromatic carbocycles. The predicted octanol–water partition coefficient (Wildman–Crippen LogP) is 4.06. The van der Waals surface area contributed by atoms with E-state index in [2.05, 4.69) is 29.0 Å². The molecule has 1 N–H and O–H groups in total. The van der Waals surface area contributed by atoms with E-state index < -0.39 is 0 Å². The molecule has 1 atom stereocenters. The van der Waals surface area contributed by atoms with Crippen molar-refractivity contribution in [2.75, 3.05) is 11.4 Å². The number of aromatic amines is 1. The normalized spacial score (nSPS) is 13.9. The zero-order chi connectivity index (χ0) is 20.4. The topological polar surface area (TPSA) is 66.1 Å². The van der Waals surface area contributed by atoms with Gasteiger partial charge >= 0.3 is 0 Å². The van der Waals surface area contributed by atoms with Gasteiger partial charge in [-0.15, -0.1) is 0 Å². The molecule has 3 aromatic rings. The minimum Gasteiger partial charge on any atom is -0.312 e. The third kappa shape index (κ3) is 4.12. The minimum atomic E-state index is -0.235. The van der Waals surface area contributed by atoms with Gasteiger partial charge in [0.25, 0.3) is 5.56 Å². The number of H-pyrrole nitrogens is 1. The van der Waals surface area contributed by atoms with E-state index in [-0.39, 0.29) is 23.1 Å². The summed E-state index contributed by atoms with van der Waals surface area (Å²) in [4.78, 5) is 34.8. The number of rotatable bonds is 5. The highest BCUT2D eigenvalue weighted by atomic mass is 32.2. The lowest BCUT2D eigenvalue weighted by molar-refractivity contribution is -0.117. The number of benzene rings is 2. The summed E-state index contributed by atoms with van der Waals surface area (Å²) in [6.07, 6.45) is 0.907. The predicted molar refractivity (Wildman–Crippen MR) is 117 cm³/mol. The standard InChI is InChI=1S/C23H23N3O2S/c1-15-19(14-21(27)26-13-12-18-10-6-7-11-20(18)26)22(28)25-23(24-15)29-16(2)17-8-4-3-5-9-17/h3-11,16H,12-14H2,1-2H3,(H,24,25,28). The number of thioether (sulfide) groups is 1. The van der Waals surface area contributed by atoms with Crippen LogP contribution in [0.15, 0.2) is 64.5 Å². The first-order valence-corrected chi connectivity index (χ1v) is 10.6. The van der Waals surface area contributed by atoms with Crippen molar-refractivity contribution in [2.24, 2.45) is 0 Å². The number of carbonyl (C=O) groups is 1. The maximum absolute atomic E-state index is 12.9. The van der Waals surface area contributed by atoms with Crippen molar-refractivity contribution >= 4 is 23.4 Å². The lowest BCUT2D eigenvalue weighted by atomic mass is 10.1. The molecular weight excluding hydrogens is 382 g/mol. The van der Waals surface area contributed by atoms with Crippen LogP contribution in [0, 0.1) is 6.92 Å². The molecule has 0 spiro atoms. The van der Waals surface area contributed by atoms with Gasteiger partial charge < -0.3 is 9.88 Å². The van der Waals surface area contributed by atoms with E-state index in [1.165, 1.54) is 22.9 Å². The molecule has 0 radical (unpaired) electrons. The molecule has 29 heavy (non-hydrogen) atoms. The Bertz CT molecular complexity index is 1090. The number of carbonyl (C=O) groups excluding carboxylic acids is 1. The van der Waals surface area contributed by atoms with Crippen LogP contribution in [0.4, 0.5) is 5.69 Å². The average Bonchev–Trinajstić information content (AvgIpc) is 3.15. The van der Waals surface area contributed by atoms with Crippen molar-refractivity contribution in [2.45, 2.75) is 37.1 Å². The molecule has 1 aliphatic heterocycles. The van der Waals surface area contributed by atoms with Gasteiger partial charge in [0.05, 0.1) is 6.42 Å². The Morgan fingerprint density at radius 2 is 1.90 bits per heavy atom. The van der Waals surface area contributed by atoms with E-state index in [9.17, 15) is 9.59 Å². The molecule has 0 bridgehead atoms. The van der Waals surface area contributed by atoms with Crippen molar-refractivity contribution < 1.29 is 4.79 Å². The molecule has 5 nitrogen and oxygen atoms in total. The van der Waals surface area contributed by atoms with Crippen LogP contribution in [0.3, 0.4) is 0 Å². The van der Waals surface area contributed by atoms with E-state index in [0.717, 1.165) is 12.1 Å².